The predicted octanol–water partition coefficient (Wildman–Crippen LogP) is 0.810. The highest BCUT2D eigenvalue weighted by molar-refractivity contribution is 5.89. The van der Waals surface area contributed by atoms with Crippen LogP contribution in [0, 0.1) is 0 Å². The molecular weight excluding hydrogens is 274 g/mol. The second-order valence-electron chi connectivity index (χ2n) is 5.02. The second kappa shape index (κ2) is 6.34. The molecule has 1 unspecified atom stereocenters. The molecule has 2 rings (SSSR count). The lowest BCUT2D eigenvalue weighted by atomic mass is 10.2. The summed E-state index contributed by atoms with van der Waals surface area (Å²) < 4.78 is 11.2. The molecule has 1 aliphatic rings. The van der Waals surface area contributed by atoms with Gasteiger partial charge < -0.3 is 25.3 Å². The number of hydrogen-bond donors (Lipinski definition) is 2. The third-order valence-corrected chi connectivity index (χ3v) is 3.15. The van der Waals surface area contributed by atoms with Crippen molar-refractivity contribution < 1.29 is 19.5 Å². The third-order valence-electron chi connectivity index (χ3n) is 3.15. The molecule has 1 heterocycles. The van der Waals surface area contributed by atoms with Crippen molar-refractivity contribution in [3.63, 3.8) is 0 Å². The number of para-hydroxylation sites is 2. The van der Waals surface area contributed by atoms with Crippen molar-refractivity contribution in [1.29, 1.82) is 0 Å². The number of nitrogens with two attached hydrogens (primary N) is 1. The number of benzene rings is 1. The average Bonchev–Trinajstić information content (AvgIpc) is 2.50. The van der Waals surface area contributed by atoms with E-state index in [0.717, 1.165) is 0 Å². The minimum atomic E-state index is -0.742. The highest BCUT2D eigenvalue weighted by Crippen LogP contribution is 2.31. The van der Waals surface area contributed by atoms with E-state index in [4.69, 9.17) is 20.4 Å². The zero-order valence-electron chi connectivity index (χ0n) is 12.0. The topological polar surface area (TPSA) is 97.4 Å². The summed E-state index contributed by atoms with van der Waals surface area (Å²) in [6, 6.07) is 7.07. The van der Waals surface area contributed by atoms with Crippen molar-refractivity contribution in [2.45, 2.75) is 26.0 Å². The quantitative estimate of drug-likeness (QED) is 0.370. The van der Waals surface area contributed by atoms with Gasteiger partial charge in [0.1, 0.15) is 6.61 Å². The van der Waals surface area contributed by atoms with Crippen LogP contribution in [0.1, 0.15) is 13.8 Å². The fourth-order valence-electron chi connectivity index (χ4n) is 2.05. The third kappa shape index (κ3) is 3.36. The Labute approximate surface area is 122 Å². The Morgan fingerprint density at radius 2 is 2.14 bits per heavy atom. The van der Waals surface area contributed by atoms with Gasteiger partial charge in [0.05, 0.1) is 6.54 Å². The normalized spacial score (nSPS) is 17.7. The SMILES string of the molecule is CC(C)N(CC(N)=NO)C(=O)C1COc2ccccc2O1. The molecule has 1 aliphatic heterocycles. The number of amides is 1. The molecule has 0 aliphatic carbocycles. The Morgan fingerprint density at radius 1 is 1.48 bits per heavy atom. The Balaban J connectivity index is 2.12. The molecule has 0 aromatic heterocycles. The van der Waals surface area contributed by atoms with Gasteiger partial charge in [-0.3, -0.25) is 4.79 Å². The molecule has 0 radical (unpaired) electrons. The number of rotatable bonds is 4. The van der Waals surface area contributed by atoms with Crippen LogP contribution in [0.5, 0.6) is 11.5 Å². The molecule has 114 valence electrons. The molecule has 3 N–H and O–H groups in total. The van der Waals surface area contributed by atoms with E-state index in [1.165, 1.54) is 4.90 Å². The molecule has 1 aromatic carbocycles. The summed E-state index contributed by atoms with van der Waals surface area (Å²) in [6.45, 7) is 3.87. The number of nitrogens with zero attached hydrogens (tertiary/aromatic N) is 2. The summed E-state index contributed by atoms with van der Waals surface area (Å²) in [6.07, 6.45) is -0.742. The molecule has 1 atom stereocenters. The minimum Gasteiger partial charge on any atom is -0.485 e. The Bertz CT molecular complexity index is 545. The molecule has 0 saturated heterocycles. The standard InChI is InChI=1S/C14H19N3O4/c1-9(2)17(7-13(15)16-19)14(18)12-8-20-10-5-3-4-6-11(10)21-12/h3-6,9,12,19H,7-8H2,1-2H3,(H2,15,16). The van der Waals surface area contributed by atoms with Crippen LogP contribution in [0.4, 0.5) is 0 Å². The Hall–Kier alpha value is -2.44. The van der Waals surface area contributed by atoms with Crippen LogP contribution in [0.15, 0.2) is 29.4 Å². The smallest absolute Gasteiger partial charge is 0.267 e. The van der Waals surface area contributed by atoms with Crippen LogP contribution in [0.25, 0.3) is 0 Å². The lowest BCUT2D eigenvalue weighted by Gasteiger charge is -2.32. The van der Waals surface area contributed by atoms with Gasteiger partial charge in [-0.25, -0.2) is 0 Å². The second-order valence-corrected chi connectivity index (χ2v) is 5.02. The summed E-state index contributed by atoms with van der Waals surface area (Å²) in [5.41, 5.74) is 5.49. The highest BCUT2D eigenvalue weighted by Gasteiger charge is 2.32. The van der Waals surface area contributed by atoms with Gasteiger partial charge in [0, 0.05) is 6.04 Å². The van der Waals surface area contributed by atoms with E-state index in [1.54, 1.807) is 12.1 Å². The first-order valence-electron chi connectivity index (χ1n) is 6.68. The zero-order chi connectivity index (χ0) is 15.4. The molecule has 0 fully saturated rings. The molecule has 21 heavy (non-hydrogen) atoms. The average molecular weight is 293 g/mol. The van der Waals surface area contributed by atoms with Gasteiger partial charge in [-0.1, -0.05) is 17.3 Å². The van der Waals surface area contributed by atoms with Crippen molar-refractivity contribution in [3.05, 3.63) is 24.3 Å². The van der Waals surface area contributed by atoms with E-state index in [0.29, 0.717) is 11.5 Å². The first-order chi connectivity index (χ1) is 10.0. The van der Waals surface area contributed by atoms with E-state index >= 15 is 0 Å². The van der Waals surface area contributed by atoms with Gasteiger partial charge in [0.15, 0.2) is 17.3 Å². The van der Waals surface area contributed by atoms with Gasteiger partial charge in [-0.2, -0.15) is 0 Å². The summed E-state index contributed by atoms with van der Waals surface area (Å²) in [7, 11) is 0. The fraction of sp³-hybridized carbons (Fsp3) is 0.429. The van der Waals surface area contributed by atoms with Gasteiger partial charge in [-0.05, 0) is 26.0 Å². The van der Waals surface area contributed by atoms with Crippen LogP contribution >= 0.6 is 0 Å². The first kappa shape index (κ1) is 15.0. The van der Waals surface area contributed by atoms with Crippen molar-refractivity contribution in [2.75, 3.05) is 13.2 Å². The largest absolute Gasteiger partial charge is 0.485 e. The van der Waals surface area contributed by atoms with Gasteiger partial charge >= 0.3 is 0 Å². The van der Waals surface area contributed by atoms with Gasteiger partial charge in [-0.15, -0.1) is 0 Å². The highest BCUT2D eigenvalue weighted by atomic mass is 16.6. The number of oxime groups is 1. The number of fused-ring (bicyclic) bond motifs is 1. The van der Waals surface area contributed by atoms with Crippen molar-refractivity contribution in [3.8, 4) is 11.5 Å². The number of carbonyl (C=O) groups excluding carboxylic acids is 1. The monoisotopic (exact) mass is 293 g/mol. The van der Waals surface area contributed by atoms with E-state index < -0.39 is 6.10 Å². The van der Waals surface area contributed by atoms with Crippen LogP contribution < -0.4 is 15.2 Å². The maximum absolute atomic E-state index is 12.5. The maximum Gasteiger partial charge on any atom is 0.267 e. The predicted molar refractivity (Wildman–Crippen MR) is 76.6 cm³/mol. The molecule has 7 heteroatoms. The minimum absolute atomic E-state index is 0.0332. The van der Waals surface area contributed by atoms with Gasteiger partial charge in [0.25, 0.3) is 5.91 Å². The number of hydrogen-bond acceptors (Lipinski definition) is 5. The first-order valence-corrected chi connectivity index (χ1v) is 6.68. The summed E-state index contributed by atoms with van der Waals surface area (Å²) in [5, 5.41) is 11.6. The van der Waals surface area contributed by atoms with Crippen LogP contribution in [-0.2, 0) is 4.79 Å². The van der Waals surface area contributed by atoms with E-state index in [-0.39, 0.29) is 30.9 Å². The molecule has 1 amide bonds. The van der Waals surface area contributed by atoms with Gasteiger partial charge in [0.2, 0.25) is 6.10 Å². The maximum atomic E-state index is 12.5. The van der Waals surface area contributed by atoms with Crippen LogP contribution in [-0.4, -0.2) is 47.1 Å². The number of amidine groups is 1. The van der Waals surface area contributed by atoms with Crippen LogP contribution in [0.3, 0.4) is 0 Å². The van der Waals surface area contributed by atoms with E-state index in [2.05, 4.69) is 5.16 Å². The molecular formula is C14H19N3O4. The van der Waals surface area contributed by atoms with E-state index in [1.807, 2.05) is 26.0 Å². The molecule has 7 nitrogen and oxygen atoms in total. The summed E-state index contributed by atoms with van der Waals surface area (Å²) >= 11 is 0. The molecule has 0 bridgehead atoms. The summed E-state index contributed by atoms with van der Waals surface area (Å²) in [4.78, 5) is 14.0. The lowest BCUT2D eigenvalue weighted by molar-refractivity contribution is -0.142. The van der Waals surface area contributed by atoms with E-state index in [9.17, 15) is 4.79 Å². The molecule has 0 spiro atoms. The van der Waals surface area contributed by atoms with Crippen LogP contribution in [0.2, 0.25) is 0 Å². The summed E-state index contributed by atoms with van der Waals surface area (Å²) in [5.74, 6) is 0.865. The fourth-order valence-corrected chi connectivity index (χ4v) is 2.05. The molecule has 0 saturated carbocycles. The zero-order valence-corrected chi connectivity index (χ0v) is 12.0. The Kier molecular flexibility index (Phi) is 4.52. The van der Waals surface area contributed by atoms with Crippen molar-refractivity contribution in [2.24, 2.45) is 10.9 Å². The molecule has 1 aromatic rings. The lowest BCUT2D eigenvalue weighted by Crippen LogP contribution is -2.51. The van der Waals surface area contributed by atoms with Crippen molar-refractivity contribution >= 4 is 11.7 Å². The Morgan fingerprint density at radius 3 is 2.76 bits per heavy atom. The van der Waals surface area contributed by atoms with Crippen molar-refractivity contribution in [1.82, 2.24) is 4.90 Å². The number of carbonyl (C=O) groups is 1. The number of ether oxygens (including phenoxy) is 2.